The molecule has 0 unspecified atom stereocenters. The number of fused-ring (bicyclic) bond motifs is 1. The number of halogens is 4. The summed E-state index contributed by atoms with van der Waals surface area (Å²) in [5, 5.41) is 3.05. The molecular formula is C16H11ClF3N3O. The van der Waals surface area contributed by atoms with Crippen LogP contribution in [0.1, 0.15) is 46.4 Å². The fourth-order valence-electron chi connectivity index (χ4n) is 2.48. The predicted molar refractivity (Wildman–Crippen MR) is 83.0 cm³/mol. The molecule has 1 N–H and O–H groups in total. The van der Waals surface area contributed by atoms with E-state index in [1.54, 1.807) is 6.92 Å². The molecule has 1 aromatic heterocycles. The number of amidine groups is 1. The number of nitrogens with one attached hydrogen (secondary N) is 1. The van der Waals surface area contributed by atoms with Crippen LogP contribution in [0.25, 0.3) is 0 Å². The lowest BCUT2D eigenvalue weighted by Gasteiger charge is -2.18. The Hall–Kier alpha value is -2.41. The number of aromatic nitrogens is 1. The molecule has 0 bridgehead atoms. The number of rotatable bonds is 3. The molecule has 1 atom stereocenters. The minimum absolute atomic E-state index is 0.0524. The summed E-state index contributed by atoms with van der Waals surface area (Å²) >= 11 is 5.82. The number of hydrogen-bond donors (Lipinski definition) is 1. The molecule has 0 spiro atoms. The first-order chi connectivity index (χ1) is 11.4. The summed E-state index contributed by atoms with van der Waals surface area (Å²) < 4.78 is 39.9. The molecule has 4 nitrogen and oxygen atoms in total. The number of amides is 1. The molecule has 3 rings (SSSR count). The second-order valence-electron chi connectivity index (χ2n) is 5.24. The first-order valence-electron chi connectivity index (χ1n) is 7.00. The fraction of sp³-hybridized carbons (Fsp3) is 0.188. The summed E-state index contributed by atoms with van der Waals surface area (Å²) in [5.41, 5.74) is 0.1000. The standard InChI is InChI=1S/C16H11ClF3N3O/c1-7(8-3-2-4-9(13(8)18)14(19)20)22-15-10-5-12(17)21-6-11(10)16(24)23-15/h2-7,14H,1H3,(H,22,23,24)/t7-/m1/s1. The molecule has 0 saturated carbocycles. The monoisotopic (exact) mass is 353 g/mol. The van der Waals surface area contributed by atoms with E-state index in [0.29, 0.717) is 5.56 Å². The highest BCUT2D eigenvalue weighted by atomic mass is 35.5. The maximum Gasteiger partial charge on any atom is 0.281 e. The van der Waals surface area contributed by atoms with E-state index in [1.165, 1.54) is 24.4 Å². The molecule has 124 valence electrons. The normalized spacial score (nSPS) is 14.6. The van der Waals surface area contributed by atoms with Crippen molar-refractivity contribution in [1.29, 1.82) is 0 Å². The average Bonchev–Trinajstić information content (AvgIpc) is 2.82. The third-order valence-corrected chi connectivity index (χ3v) is 3.89. The van der Waals surface area contributed by atoms with Gasteiger partial charge in [-0.25, -0.2) is 18.2 Å². The third kappa shape index (κ3) is 2.87. The van der Waals surface area contributed by atoms with E-state index >= 15 is 0 Å². The molecule has 2 heterocycles. The van der Waals surface area contributed by atoms with Gasteiger partial charge in [0.1, 0.15) is 16.8 Å². The van der Waals surface area contributed by atoms with Crippen LogP contribution in [0.5, 0.6) is 0 Å². The Bertz CT molecular complexity index is 854. The second kappa shape index (κ2) is 6.24. The van der Waals surface area contributed by atoms with E-state index in [9.17, 15) is 18.0 Å². The quantitative estimate of drug-likeness (QED) is 0.846. The summed E-state index contributed by atoms with van der Waals surface area (Å²) in [4.78, 5) is 19.5. The van der Waals surface area contributed by atoms with Crippen LogP contribution in [0.4, 0.5) is 13.2 Å². The maximum atomic E-state index is 14.2. The molecule has 1 aliphatic heterocycles. The van der Waals surface area contributed by atoms with Crippen molar-refractivity contribution in [2.75, 3.05) is 0 Å². The van der Waals surface area contributed by atoms with Crippen molar-refractivity contribution in [3.05, 3.63) is 63.7 Å². The molecule has 0 aliphatic carbocycles. The Balaban J connectivity index is 1.91. The number of hydrogen-bond acceptors (Lipinski definition) is 3. The van der Waals surface area contributed by atoms with Crippen LogP contribution < -0.4 is 5.32 Å². The van der Waals surface area contributed by atoms with Crippen LogP contribution in [0.2, 0.25) is 5.15 Å². The molecular weight excluding hydrogens is 343 g/mol. The van der Waals surface area contributed by atoms with Gasteiger partial charge in [-0.05, 0) is 13.0 Å². The first-order valence-corrected chi connectivity index (χ1v) is 7.38. The van der Waals surface area contributed by atoms with Crippen LogP contribution in [0.15, 0.2) is 35.5 Å². The summed E-state index contributed by atoms with van der Waals surface area (Å²) in [6.45, 7) is 1.58. The van der Waals surface area contributed by atoms with Gasteiger partial charge in [0.15, 0.2) is 0 Å². The number of benzene rings is 1. The minimum Gasteiger partial charge on any atom is -0.363 e. The van der Waals surface area contributed by atoms with Crippen molar-refractivity contribution >= 4 is 23.3 Å². The van der Waals surface area contributed by atoms with E-state index in [4.69, 9.17) is 11.6 Å². The lowest BCUT2D eigenvalue weighted by Crippen LogP contribution is -2.27. The van der Waals surface area contributed by atoms with Crippen molar-refractivity contribution in [3.8, 4) is 0 Å². The number of carbonyl (C=O) groups is 1. The van der Waals surface area contributed by atoms with Crippen molar-refractivity contribution < 1.29 is 18.0 Å². The number of carbonyl (C=O) groups excluding carboxylic acids is 1. The molecule has 0 fully saturated rings. The molecule has 0 saturated heterocycles. The Morgan fingerprint density at radius 2 is 1.92 bits per heavy atom. The summed E-state index contributed by atoms with van der Waals surface area (Å²) in [7, 11) is 0. The molecule has 8 heteroatoms. The van der Waals surface area contributed by atoms with Crippen molar-refractivity contribution in [3.63, 3.8) is 0 Å². The van der Waals surface area contributed by atoms with Gasteiger partial charge < -0.3 is 5.32 Å². The molecule has 1 aromatic carbocycles. The molecule has 24 heavy (non-hydrogen) atoms. The van der Waals surface area contributed by atoms with E-state index < -0.39 is 29.8 Å². The van der Waals surface area contributed by atoms with Gasteiger partial charge in [0, 0.05) is 17.3 Å². The highest BCUT2D eigenvalue weighted by Gasteiger charge is 2.26. The van der Waals surface area contributed by atoms with Gasteiger partial charge in [-0.15, -0.1) is 0 Å². The van der Waals surface area contributed by atoms with Crippen LogP contribution in [0.3, 0.4) is 0 Å². The largest absolute Gasteiger partial charge is 0.363 e. The SMILES string of the molecule is C[C@@H](NC1=NC(=O)c2cnc(Cl)cc21)c1cccc(C(F)F)c1F. The molecule has 0 radical (unpaired) electrons. The average molecular weight is 354 g/mol. The van der Waals surface area contributed by atoms with Crippen molar-refractivity contribution in [2.45, 2.75) is 19.4 Å². The van der Waals surface area contributed by atoms with Gasteiger partial charge in [-0.1, -0.05) is 29.8 Å². The van der Waals surface area contributed by atoms with Crippen LogP contribution >= 0.6 is 11.6 Å². The van der Waals surface area contributed by atoms with E-state index in [1.807, 2.05) is 0 Å². The Labute approximate surface area is 140 Å². The van der Waals surface area contributed by atoms with Gasteiger partial charge in [0.05, 0.1) is 17.2 Å². The predicted octanol–water partition coefficient (Wildman–Crippen LogP) is 4.06. The maximum absolute atomic E-state index is 14.2. The number of alkyl halides is 2. The Morgan fingerprint density at radius 3 is 2.62 bits per heavy atom. The van der Waals surface area contributed by atoms with Crippen LogP contribution in [0, 0.1) is 5.82 Å². The third-order valence-electron chi connectivity index (χ3n) is 3.68. The second-order valence-corrected chi connectivity index (χ2v) is 5.62. The van der Waals surface area contributed by atoms with Crippen molar-refractivity contribution in [2.24, 2.45) is 4.99 Å². The molecule has 1 amide bonds. The number of nitrogens with zero attached hydrogens (tertiary/aromatic N) is 2. The van der Waals surface area contributed by atoms with Gasteiger partial charge in [-0.2, -0.15) is 4.99 Å². The zero-order valence-corrected chi connectivity index (χ0v) is 13.1. The number of aliphatic imine (C=N–C) groups is 1. The van der Waals surface area contributed by atoms with E-state index in [-0.39, 0.29) is 22.1 Å². The molecule has 1 aliphatic rings. The Morgan fingerprint density at radius 1 is 1.21 bits per heavy atom. The van der Waals surface area contributed by atoms with E-state index in [0.717, 1.165) is 6.07 Å². The lowest BCUT2D eigenvalue weighted by atomic mass is 10.0. The lowest BCUT2D eigenvalue weighted by molar-refractivity contribution is 0.101. The zero-order valence-electron chi connectivity index (χ0n) is 12.4. The fourth-order valence-corrected chi connectivity index (χ4v) is 2.64. The van der Waals surface area contributed by atoms with Gasteiger partial charge >= 0.3 is 0 Å². The van der Waals surface area contributed by atoms with Crippen molar-refractivity contribution in [1.82, 2.24) is 10.3 Å². The van der Waals surface area contributed by atoms with Gasteiger partial charge in [0.2, 0.25) is 0 Å². The highest BCUT2D eigenvalue weighted by molar-refractivity contribution is 6.30. The smallest absolute Gasteiger partial charge is 0.281 e. The minimum atomic E-state index is -2.91. The van der Waals surface area contributed by atoms with Gasteiger partial charge in [-0.3, -0.25) is 4.79 Å². The summed E-state index contributed by atoms with van der Waals surface area (Å²) in [5.74, 6) is -1.27. The summed E-state index contributed by atoms with van der Waals surface area (Å²) in [6.07, 6.45) is -1.60. The van der Waals surface area contributed by atoms with Crippen LogP contribution in [-0.4, -0.2) is 16.7 Å². The van der Waals surface area contributed by atoms with Crippen LogP contribution in [-0.2, 0) is 0 Å². The number of pyridine rings is 1. The molecule has 2 aromatic rings. The topological polar surface area (TPSA) is 54.4 Å². The van der Waals surface area contributed by atoms with E-state index in [2.05, 4.69) is 15.3 Å². The first kappa shape index (κ1) is 16.4. The summed E-state index contributed by atoms with van der Waals surface area (Å²) in [6, 6.07) is 4.57. The Kier molecular flexibility index (Phi) is 4.28. The zero-order chi connectivity index (χ0) is 17.4. The highest BCUT2D eigenvalue weighted by Crippen LogP contribution is 2.28. The van der Waals surface area contributed by atoms with Gasteiger partial charge in [0.25, 0.3) is 12.3 Å².